The molecule has 0 aliphatic heterocycles. The van der Waals surface area contributed by atoms with Gasteiger partial charge in [-0.1, -0.05) is 26.3 Å². The fourth-order valence-electron chi connectivity index (χ4n) is 6.54. The van der Waals surface area contributed by atoms with E-state index in [1.54, 1.807) is 0 Å². The summed E-state index contributed by atoms with van der Waals surface area (Å²) in [4.78, 5) is 0. The first-order valence-corrected chi connectivity index (χ1v) is 9.53. The lowest BCUT2D eigenvalue weighted by Crippen LogP contribution is -2.42. The summed E-state index contributed by atoms with van der Waals surface area (Å²) in [6, 6.07) is 6.01. The molecule has 2 heteroatoms. The molecule has 0 saturated heterocycles. The van der Waals surface area contributed by atoms with Crippen LogP contribution in [0.25, 0.3) is 0 Å². The fourth-order valence-corrected chi connectivity index (χ4v) is 6.54. The van der Waals surface area contributed by atoms with Crippen LogP contribution >= 0.6 is 0 Å². The third kappa shape index (κ3) is 2.33. The Bertz CT molecular complexity index is 596. The summed E-state index contributed by atoms with van der Waals surface area (Å²) in [5, 5.41) is 20.5. The van der Waals surface area contributed by atoms with Crippen molar-refractivity contribution in [1.82, 2.24) is 0 Å². The second-order valence-corrected chi connectivity index (χ2v) is 8.63. The molecule has 2 nitrogen and oxygen atoms in total. The van der Waals surface area contributed by atoms with Crippen molar-refractivity contribution in [3.63, 3.8) is 0 Å². The van der Waals surface area contributed by atoms with Crippen molar-refractivity contribution in [3.05, 3.63) is 29.3 Å². The topological polar surface area (TPSA) is 40.5 Å². The molecule has 3 aliphatic rings. The van der Waals surface area contributed by atoms with E-state index in [4.69, 9.17) is 0 Å². The van der Waals surface area contributed by atoms with Gasteiger partial charge in [0, 0.05) is 0 Å². The number of phenolic OH excluding ortho intramolecular Hbond substituents is 1. The van der Waals surface area contributed by atoms with E-state index >= 15 is 0 Å². The zero-order valence-corrected chi connectivity index (χ0v) is 14.5. The van der Waals surface area contributed by atoms with E-state index in [-0.39, 0.29) is 6.10 Å². The highest BCUT2D eigenvalue weighted by Crippen LogP contribution is 2.63. The van der Waals surface area contributed by atoms with Crippen LogP contribution in [0.4, 0.5) is 0 Å². The van der Waals surface area contributed by atoms with Crippen LogP contribution in [0.1, 0.15) is 69.4 Å². The monoisotopic (exact) mass is 314 g/mol. The van der Waals surface area contributed by atoms with Crippen LogP contribution in [-0.4, -0.2) is 16.3 Å². The van der Waals surface area contributed by atoms with Gasteiger partial charge >= 0.3 is 0 Å². The molecule has 0 radical (unpaired) electrons. The average molecular weight is 314 g/mol. The molecule has 2 N–H and O–H groups in total. The van der Waals surface area contributed by atoms with E-state index in [0.29, 0.717) is 28.9 Å². The number of aliphatic hydroxyl groups excluding tert-OH is 1. The number of aromatic hydroxyl groups is 1. The van der Waals surface area contributed by atoms with E-state index in [1.165, 1.54) is 43.2 Å². The molecule has 126 valence electrons. The lowest BCUT2D eigenvalue weighted by molar-refractivity contribution is 0.0261. The zero-order valence-electron chi connectivity index (χ0n) is 14.5. The minimum atomic E-state index is -0.0927. The Morgan fingerprint density at radius 1 is 1.26 bits per heavy atom. The largest absolute Gasteiger partial charge is 0.508 e. The number of hydrogen-bond donors (Lipinski definition) is 2. The predicted octanol–water partition coefficient (Wildman–Crippen LogP) is 4.64. The van der Waals surface area contributed by atoms with Gasteiger partial charge in [-0.3, -0.25) is 0 Å². The molecule has 4 rings (SSSR count). The summed E-state index contributed by atoms with van der Waals surface area (Å²) in [7, 11) is 0. The van der Waals surface area contributed by atoms with Gasteiger partial charge in [-0.05, 0) is 90.9 Å². The van der Waals surface area contributed by atoms with Crippen LogP contribution in [0.3, 0.4) is 0 Å². The zero-order chi connectivity index (χ0) is 16.2. The van der Waals surface area contributed by atoms with Gasteiger partial charge in [0.2, 0.25) is 0 Å². The number of rotatable bonds is 2. The van der Waals surface area contributed by atoms with Gasteiger partial charge in [-0.25, -0.2) is 0 Å². The second-order valence-electron chi connectivity index (χ2n) is 8.63. The van der Waals surface area contributed by atoms with E-state index in [0.717, 1.165) is 18.8 Å². The van der Waals surface area contributed by atoms with Crippen LogP contribution in [0.2, 0.25) is 0 Å². The van der Waals surface area contributed by atoms with Crippen LogP contribution in [-0.2, 0) is 6.42 Å². The van der Waals surface area contributed by atoms with Crippen molar-refractivity contribution in [2.45, 2.75) is 70.8 Å². The van der Waals surface area contributed by atoms with Gasteiger partial charge < -0.3 is 10.2 Å². The Labute approximate surface area is 139 Å². The number of hydrogen-bond acceptors (Lipinski definition) is 2. The van der Waals surface area contributed by atoms with E-state index < -0.39 is 0 Å². The van der Waals surface area contributed by atoms with Gasteiger partial charge in [0.05, 0.1) is 6.10 Å². The number of aryl methyl sites for hydroxylation is 1. The van der Waals surface area contributed by atoms with Crippen LogP contribution in [0, 0.1) is 23.2 Å². The molecule has 0 spiro atoms. The highest BCUT2D eigenvalue weighted by atomic mass is 16.3. The summed E-state index contributed by atoms with van der Waals surface area (Å²) in [5.74, 6) is 2.94. The molecule has 0 aromatic heterocycles. The molecule has 0 amide bonds. The van der Waals surface area contributed by atoms with E-state index in [1.807, 2.05) is 12.1 Å². The van der Waals surface area contributed by atoms with Crippen molar-refractivity contribution in [2.75, 3.05) is 0 Å². The van der Waals surface area contributed by atoms with Gasteiger partial charge in [-0.15, -0.1) is 0 Å². The molecule has 2 fully saturated rings. The number of fused-ring (bicyclic) bond motifs is 5. The van der Waals surface area contributed by atoms with Gasteiger partial charge in [0.15, 0.2) is 0 Å². The molecule has 0 heterocycles. The molecule has 6 atom stereocenters. The maximum atomic E-state index is 10.7. The van der Waals surface area contributed by atoms with Crippen molar-refractivity contribution >= 4 is 0 Å². The number of phenols is 1. The molecular formula is C21H30O2. The Morgan fingerprint density at radius 2 is 2.09 bits per heavy atom. The number of benzene rings is 1. The molecule has 0 bridgehead atoms. The van der Waals surface area contributed by atoms with Crippen molar-refractivity contribution in [2.24, 2.45) is 23.2 Å². The summed E-state index contributed by atoms with van der Waals surface area (Å²) < 4.78 is 0. The van der Waals surface area contributed by atoms with Crippen molar-refractivity contribution < 1.29 is 10.2 Å². The Hall–Kier alpha value is -1.02. The SMILES string of the molecule is CCC[C@@H]1[C@H]2[C@@H]3CCc4cc(O)ccc4[C@H]3CC[C@]2(C)C[C@H]1O. The normalized spacial score (nSPS) is 42.0. The first-order chi connectivity index (χ1) is 11.0. The number of aliphatic hydroxyl groups is 1. The van der Waals surface area contributed by atoms with Crippen LogP contribution in [0.15, 0.2) is 18.2 Å². The predicted molar refractivity (Wildman–Crippen MR) is 92.5 cm³/mol. The lowest BCUT2D eigenvalue weighted by Gasteiger charge is -2.50. The van der Waals surface area contributed by atoms with Crippen LogP contribution < -0.4 is 0 Å². The Kier molecular flexibility index (Phi) is 3.72. The third-order valence-electron chi connectivity index (χ3n) is 7.34. The first kappa shape index (κ1) is 15.5. The highest BCUT2D eigenvalue weighted by Gasteiger charge is 2.57. The van der Waals surface area contributed by atoms with Gasteiger partial charge in [-0.2, -0.15) is 0 Å². The smallest absolute Gasteiger partial charge is 0.115 e. The molecule has 0 unspecified atom stereocenters. The summed E-state index contributed by atoms with van der Waals surface area (Å²) in [5.41, 5.74) is 3.19. The lowest BCUT2D eigenvalue weighted by atomic mass is 9.54. The molecule has 2 saturated carbocycles. The quantitative estimate of drug-likeness (QED) is 0.835. The van der Waals surface area contributed by atoms with Gasteiger partial charge in [0.1, 0.15) is 5.75 Å². The Morgan fingerprint density at radius 3 is 2.87 bits per heavy atom. The average Bonchev–Trinajstić information content (AvgIpc) is 2.77. The third-order valence-corrected chi connectivity index (χ3v) is 7.34. The van der Waals surface area contributed by atoms with Crippen LogP contribution in [0.5, 0.6) is 5.75 Å². The highest BCUT2D eigenvalue weighted by molar-refractivity contribution is 5.40. The van der Waals surface area contributed by atoms with E-state index in [2.05, 4.69) is 19.9 Å². The fraction of sp³-hybridized carbons (Fsp3) is 0.714. The maximum absolute atomic E-state index is 10.7. The minimum Gasteiger partial charge on any atom is -0.508 e. The van der Waals surface area contributed by atoms with Gasteiger partial charge in [0.25, 0.3) is 0 Å². The summed E-state index contributed by atoms with van der Waals surface area (Å²) >= 11 is 0. The molecular weight excluding hydrogens is 284 g/mol. The minimum absolute atomic E-state index is 0.0927. The summed E-state index contributed by atoms with van der Waals surface area (Å²) in [6.45, 7) is 4.70. The second kappa shape index (κ2) is 5.51. The molecule has 3 aliphatic carbocycles. The van der Waals surface area contributed by atoms with Crippen molar-refractivity contribution in [1.29, 1.82) is 0 Å². The standard InChI is InChI=1S/C21H30O2/c1-3-4-18-19(23)12-21(2)10-9-16-15-8-6-14(22)11-13(15)5-7-17(16)20(18)21/h6,8,11,16-20,22-23H,3-5,7,9-10,12H2,1-2H3/t16-,17-,18+,19-,20-,21-/m1/s1. The maximum Gasteiger partial charge on any atom is 0.115 e. The molecule has 1 aromatic carbocycles. The first-order valence-electron chi connectivity index (χ1n) is 9.53. The Balaban J connectivity index is 1.70. The molecule has 1 aromatic rings. The molecule has 23 heavy (non-hydrogen) atoms. The van der Waals surface area contributed by atoms with Crippen molar-refractivity contribution in [3.8, 4) is 5.75 Å². The summed E-state index contributed by atoms with van der Waals surface area (Å²) in [6.07, 6.45) is 8.08. The van der Waals surface area contributed by atoms with E-state index in [9.17, 15) is 10.2 Å².